The van der Waals surface area contributed by atoms with Crippen LogP contribution in [0.3, 0.4) is 0 Å². The van der Waals surface area contributed by atoms with Crippen molar-refractivity contribution in [3.63, 3.8) is 0 Å². The summed E-state index contributed by atoms with van der Waals surface area (Å²) >= 11 is 11.9. The lowest BCUT2D eigenvalue weighted by Gasteiger charge is -2.10. The largest absolute Gasteiger partial charge is 0.488 e. The number of hydrogen-bond acceptors (Lipinski definition) is 11. The van der Waals surface area contributed by atoms with Crippen molar-refractivity contribution in [2.75, 3.05) is 0 Å². The van der Waals surface area contributed by atoms with Crippen LogP contribution in [0.4, 0.5) is 0 Å². The second-order valence-electron chi connectivity index (χ2n) is 25.0. The topological polar surface area (TPSA) is 187 Å². The Morgan fingerprint density at radius 1 is 0.330 bits per heavy atom. The maximum absolute atomic E-state index is 10.1. The fourth-order valence-electron chi connectivity index (χ4n) is 12.2. The number of aromatic nitrogens is 5. The second-order valence-corrected chi connectivity index (χ2v) is 27.0. The Morgan fingerprint density at radius 3 is 1.12 bits per heavy atom. The van der Waals surface area contributed by atoms with E-state index in [0.29, 0.717) is 34.3 Å². The van der Waals surface area contributed by atoms with E-state index >= 15 is 0 Å². The third-order valence-electron chi connectivity index (χ3n) is 17.8. The van der Waals surface area contributed by atoms with Gasteiger partial charge in [0.05, 0.1) is 11.4 Å². The van der Waals surface area contributed by atoms with Gasteiger partial charge in [-0.2, -0.15) is 4.51 Å². The van der Waals surface area contributed by atoms with Crippen LogP contribution >= 0.6 is 43.6 Å². The van der Waals surface area contributed by atoms with Gasteiger partial charge in [0.2, 0.25) is 0 Å². The van der Waals surface area contributed by atoms with E-state index < -0.39 is 7.12 Å². The average molecular weight is 1570 g/mol. The smallest absolute Gasteiger partial charge is 0.456 e. The molecule has 12 nitrogen and oxygen atoms in total. The van der Waals surface area contributed by atoms with Crippen LogP contribution in [0.2, 0.25) is 0 Å². The van der Waals surface area contributed by atoms with E-state index in [1.165, 1.54) is 0 Å². The molecule has 109 heavy (non-hydrogen) atoms. The summed E-state index contributed by atoms with van der Waals surface area (Å²) in [6.07, 6.45) is 0.826. The Morgan fingerprint density at radius 2 is 0.661 bits per heavy atom. The molecular formula is C93H65BBr2ClN7O5. The first-order valence-electron chi connectivity index (χ1n) is 34.8. The van der Waals surface area contributed by atoms with Gasteiger partial charge < -0.3 is 24.6 Å². The number of nitrogens with zero attached hydrogens (tertiary/aromatic N) is 6. The minimum Gasteiger partial charge on any atom is -0.456 e. The number of nitrogens with two attached hydrogens (primary N) is 1. The molecule has 0 spiro atoms. The Hall–Kier alpha value is -12.9. The summed E-state index contributed by atoms with van der Waals surface area (Å²) in [5, 5.41) is 23.0. The van der Waals surface area contributed by atoms with E-state index in [4.69, 9.17) is 51.3 Å². The first kappa shape index (κ1) is 73.1. The van der Waals surface area contributed by atoms with Crippen LogP contribution in [-0.2, 0) is 0 Å². The third-order valence-corrected chi connectivity index (χ3v) is 19.0. The van der Waals surface area contributed by atoms with Gasteiger partial charge in [-0.1, -0.05) is 323 Å². The number of carbonyl (C=O) groups is 1. The van der Waals surface area contributed by atoms with E-state index in [-0.39, 0.29) is 0 Å². The molecule has 0 bridgehead atoms. The lowest BCUT2D eigenvalue weighted by Crippen LogP contribution is -2.29. The van der Waals surface area contributed by atoms with Crippen LogP contribution in [-0.4, -0.2) is 54.2 Å². The normalized spacial score (nSPS) is 10.9. The van der Waals surface area contributed by atoms with E-state index in [0.717, 1.165) is 149 Å². The summed E-state index contributed by atoms with van der Waals surface area (Å²) in [6, 6.07) is 120. The van der Waals surface area contributed by atoms with Gasteiger partial charge in [0, 0.05) is 86.8 Å². The predicted octanol–water partition coefficient (Wildman–Crippen LogP) is 23.1. The fourth-order valence-corrected chi connectivity index (χ4v) is 12.8. The second kappa shape index (κ2) is 35.0. The highest BCUT2D eigenvalue weighted by Gasteiger charge is 2.17. The summed E-state index contributed by atoms with van der Waals surface area (Å²) in [5.74, 6) is 3.04. The van der Waals surface area contributed by atoms with Crippen molar-refractivity contribution >= 4 is 112 Å². The number of carbonyl (C=O) groups excluding carboxylic acids is 1. The lowest BCUT2D eigenvalue weighted by molar-refractivity contribution is 0.112. The Labute approximate surface area is 651 Å². The van der Waals surface area contributed by atoms with E-state index in [1.54, 1.807) is 24.3 Å². The molecule has 0 aliphatic carbocycles. The third kappa shape index (κ3) is 18.2. The molecule has 0 amide bonds. The van der Waals surface area contributed by atoms with Crippen molar-refractivity contribution in [2.24, 2.45) is 10.2 Å². The molecule has 16 heteroatoms. The minimum absolute atomic E-state index is 0.349. The number of hydrogen-bond donors (Lipinski definition) is 3. The Balaban J connectivity index is 0.000000128. The number of benzene rings is 14. The summed E-state index contributed by atoms with van der Waals surface area (Å²) in [4.78, 5) is 34.2. The van der Waals surface area contributed by atoms with Crippen LogP contribution in [0, 0.1) is 0 Å². The number of aldehydes is 1. The molecule has 14 aromatic carbocycles. The minimum atomic E-state index is -1.46. The van der Waals surface area contributed by atoms with Gasteiger partial charge in [-0.05, 0) is 112 Å². The molecular weight excluding hydrogens is 1500 g/mol. The molecule has 0 saturated carbocycles. The van der Waals surface area contributed by atoms with Gasteiger partial charge in [-0.15, -0.1) is 0 Å². The molecule has 18 aromatic rings. The zero-order valence-electron chi connectivity index (χ0n) is 58.3. The summed E-state index contributed by atoms with van der Waals surface area (Å²) in [5.41, 5.74) is 25.4. The molecule has 0 atom stereocenters. The van der Waals surface area contributed by atoms with Crippen LogP contribution in [0.15, 0.2) is 386 Å². The molecule has 0 aliphatic heterocycles. The van der Waals surface area contributed by atoms with Crippen molar-refractivity contribution in [3.05, 3.63) is 384 Å². The molecule has 4 aromatic heterocycles. The van der Waals surface area contributed by atoms with Gasteiger partial charge in [-0.25, -0.2) is 24.9 Å². The van der Waals surface area contributed by atoms with Gasteiger partial charge in [0.15, 0.2) is 23.3 Å². The van der Waals surface area contributed by atoms with Crippen molar-refractivity contribution in [1.29, 1.82) is 0 Å². The van der Waals surface area contributed by atoms with Gasteiger partial charge in [0.1, 0.15) is 34.5 Å². The number of amidine groups is 1. The van der Waals surface area contributed by atoms with Gasteiger partial charge in [0.25, 0.3) is 0 Å². The zero-order chi connectivity index (χ0) is 74.8. The van der Waals surface area contributed by atoms with Crippen LogP contribution in [0.1, 0.15) is 15.9 Å². The maximum Gasteiger partial charge on any atom is 0.488 e. The van der Waals surface area contributed by atoms with E-state index in [9.17, 15) is 14.8 Å². The van der Waals surface area contributed by atoms with Crippen molar-refractivity contribution in [2.45, 2.75) is 0 Å². The number of furan rings is 2. The number of fused-ring (bicyclic) bond motifs is 6. The van der Waals surface area contributed by atoms with Crippen LogP contribution < -0.4 is 11.2 Å². The van der Waals surface area contributed by atoms with Crippen LogP contribution in [0.25, 0.3) is 145 Å². The highest BCUT2D eigenvalue weighted by Crippen LogP contribution is 2.37. The molecule has 18 rings (SSSR count). The van der Waals surface area contributed by atoms with Gasteiger partial charge >= 0.3 is 7.12 Å². The first-order valence-corrected chi connectivity index (χ1v) is 36.7. The fraction of sp³-hybridized carbons (Fsp3) is 0. The number of halogens is 3. The Bertz CT molecular complexity index is 6030. The van der Waals surface area contributed by atoms with Gasteiger partial charge in [-0.3, -0.25) is 4.79 Å². The molecule has 4 heterocycles. The zero-order valence-corrected chi connectivity index (χ0v) is 62.2. The van der Waals surface area contributed by atoms with Crippen molar-refractivity contribution in [3.8, 4) is 101 Å². The molecule has 0 aliphatic rings. The lowest BCUT2D eigenvalue weighted by atomic mass is 9.79. The monoisotopic (exact) mass is 1560 g/mol. The van der Waals surface area contributed by atoms with Crippen LogP contribution in [0.5, 0.6) is 0 Å². The molecule has 0 saturated heterocycles. The Kier molecular flexibility index (Phi) is 23.5. The average Bonchev–Trinajstić information content (AvgIpc) is 1.70. The highest BCUT2D eigenvalue weighted by molar-refractivity contribution is 9.10. The van der Waals surface area contributed by atoms with E-state index in [1.807, 2.05) is 231 Å². The van der Waals surface area contributed by atoms with E-state index in [2.05, 4.69) is 146 Å². The highest BCUT2D eigenvalue weighted by atomic mass is 79.9. The quantitative estimate of drug-likeness (QED) is 0.0457. The molecule has 526 valence electrons. The molecule has 0 unspecified atom stereocenters. The number of rotatable bonds is 12. The maximum atomic E-state index is 10.1. The van der Waals surface area contributed by atoms with Crippen molar-refractivity contribution in [1.82, 2.24) is 24.9 Å². The van der Waals surface area contributed by atoms with Crippen molar-refractivity contribution < 1.29 is 23.7 Å². The standard InChI is InChI=1S/C39H25N3O.C22H15BrN2.C18H13BO3.C7H5BrO.C7H7ClN2/c1-3-10-27(11-4-1)37-40-38(28-12-5-2-6-13-28)42-39(41-37)29-20-18-26(19-21-29)30-14-9-15-31(24-30)32-22-23-36-34(25-32)33-16-7-8-17-35(33)43-36;23-19-13-11-17(12-14-19)21-15-20(16-7-3-1-4-8-16)24-22(25-21)18-9-5-2-6-10-18;20-19(21)14-5-3-4-12(10-14)13-8-9-18-16(11-13)15-6-1-2-7-17(15)22-18;8-7-3-1-6(5-9)2-4-7;8-10-7(9)6-4-2-1-3-5-6/h1-25H;1-15H;1-11,20-21H;1-5H;1-5H,(H2,9,10). The molecule has 0 radical (unpaired) electrons. The SMILES string of the molecule is Brc1ccc(-c2cc(-c3ccccc3)nc(-c3ccccc3)n2)cc1.NC(=NCl)c1ccccc1.O=Cc1ccc(Br)cc1.OB(O)c1cccc(-c2ccc3oc4ccccc4c3c2)c1.c1ccc(-c2nc(-c3ccccc3)nc(-c3ccc(-c4cccc(-c5ccc6oc7ccccc7c6c5)c4)cc3)n2)cc1. The number of para-hydroxylation sites is 2. The molecule has 4 N–H and O–H groups in total. The predicted molar refractivity (Wildman–Crippen MR) is 452 cm³/mol. The summed E-state index contributed by atoms with van der Waals surface area (Å²) in [6.45, 7) is 0. The summed E-state index contributed by atoms with van der Waals surface area (Å²) < 4.78 is 17.2. The molecule has 0 fully saturated rings. The first-order chi connectivity index (χ1) is 53.5. The summed E-state index contributed by atoms with van der Waals surface area (Å²) in [7, 11) is -1.46.